The van der Waals surface area contributed by atoms with Crippen molar-refractivity contribution in [3.05, 3.63) is 82.2 Å². The molecule has 148 valence electrons. The summed E-state index contributed by atoms with van der Waals surface area (Å²) in [6, 6.07) is 12.6. The molecular weight excluding hydrogens is 376 g/mol. The molecule has 0 unspecified atom stereocenters. The number of aromatic nitrogens is 2. The van der Waals surface area contributed by atoms with Crippen molar-refractivity contribution in [3.8, 4) is 17.2 Å². The van der Waals surface area contributed by atoms with E-state index in [4.69, 9.17) is 9.47 Å². The third kappa shape index (κ3) is 5.04. The molecule has 0 bridgehead atoms. The van der Waals surface area contributed by atoms with Crippen molar-refractivity contribution in [2.24, 2.45) is 0 Å². The van der Waals surface area contributed by atoms with Crippen molar-refractivity contribution in [3.63, 3.8) is 0 Å². The van der Waals surface area contributed by atoms with Gasteiger partial charge < -0.3 is 14.4 Å². The van der Waals surface area contributed by atoms with E-state index in [0.717, 1.165) is 0 Å². The smallest absolute Gasteiger partial charge is 0.311 e. The van der Waals surface area contributed by atoms with E-state index in [1.54, 1.807) is 56.6 Å². The highest BCUT2D eigenvalue weighted by molar-refractivity contribution is 5.93. The molecule has 29 heavy (non-hydrogen) atoms. The third-order valence-electron chi connectivity index (χ3n) is 3.92. The minimum atomic E-state index is -0.517. The Balaban J connectivity index is 1.79. The first-order chi connectivity index (χ1) is 13.9. The maximum Gasteiger partial charge on any atom is 0.311 e. The van der Waals surface area contributed by atoms with Gasteiger partial charge in [-0.25, -0.2) is 0 Å². The Morgan fingerprint density at radius 1 is 1.07 bits per heavy atom. The number of carbonyl (C=O) groups is 1. The van der Waals surface area contributed by atoms with E-state index in [9.17, 15) is 14.9 Å². The summed E-state index contributed by atoms with van der Waals surface area (Å²) in [5, 5.41) is 18.7. The normalized spacial score (nSPS) is 10.3. The van der Waals surface area contributed by atoms with Gasteiger partial charge in [-0.05, 0) is 42.0 Å². The Morgan fingerprint density at radius 3 is 2.45 bits per heavy atom. The summed E-state index contributed by atoms with van der Waals surface area (Å²) in [7, 11) is 3.32. The molecule has 3 rings (SSSR count). The van der Waals surface area contributed by atoms with E-state index in [0.29, 0.717) is 22.6 Å². The molecule has 0 N–H and O–H groups in total. The van der Waals surface area contributed by atoms with Crippen LogP contribution in [-0.2, 0) is 6.61 Å². The summed E-state index contributed by atoms with van der Waals surface area (Å²) in [4.78, 5) is 24.3. The van der Waals surface area contributed by atoms with Gasteiger partial charge in [-0.15, -0.1) is 0 Å². The second-order valence-electron chi connectivity index (χ2n) is 6.25. The topological polar surface area (TPSA) is 108 Å². The lowest BCUT2D eigenvalue weighted by Gasteiger charge is -2.12. The summed E-state index contributed by atoms with van der Waals surface area (Å²) in [6.45, 7) is 0.177. The van der Waals surface area contributed by atoms with Crippen molar-refractivity contribution in [1.82, 2.24) is 15.1 Å². The number of benzene rings is 2. The van der Waals surface area contributed by atoms with Crippen LogP contribution in [0.2, 0.25) is 0 Å². The Morgan fingerprint density at radius 2 is 1.83 bits per heavy atom. The van der Waals surface area contributed by atoms with Gasteiger partial charge in [-0.2, -0.15) is 10.2 Å². The van der Waals surface area contributed by atoms with Gasteiger partial charge in [0.1, 0.15) is 18.1 Å². The van der Waals surface area contributed by atoms with Crippen LogP contribution < -0.4 is 9.47 Å². The molecule has 9 nitrogen and oxygen atoms in total. The van der Waals surface area contributed by atoms with Gasteiger partial charge in [0.2, 0.25) is 5.75 Å². The zero-order chi connectivity index (χ0) is 20.8. The molecule has 0 aliphatic rings. The Bertz CT molecular complexity index is 1010. The highest BCUT2D eigenvalue weighted by atomic mass is 16.6. The Kier molecular flexibility index (Phi) is 5.98. The zero-order valence-electron chi connectivity index (χ0n) is 15.8. The summed E-state index contributed by atoms with van der Waals surface area (Å²) < 4.78 is 11.3. The summed E-state index contributed by atoms with van der Waals surface area (Å²) in [5.74, 6) is 0.838. The van der Waals surface area contributed by atoms with Gasteiger partial charge in [0, 0.05) is 31.8 Å². The third-order valence-corrected chi connectivity index (χ3v) is 3.92. The van der Waals surface area contributed by atoms with Crippen LogP contribution in [0.3, 0.4) is 0 Å². The Hall–Kier alpha value is -4.01. The molecule has 3 aromatic rings. The van der Waals surface area contributed by atoms with Crippen molar-refractivity contribution in [2.75, 3.05) is 14.1 Å². The number of carbonyl (C=O) groups excluding carboxylic acids is 1. The molecular formula is C20H18N4O5. The minimum Gasteiger partial charge on any atom is -0.487 e. The predicted molar refractivity (Wildman–Crippen MR) is 104 cm³/mol. The highest BCUT2D eigenvalue weighted by Crippen LogP contribution is 2.32. The van der Waals surface area contributed by atoms with Crippen molar-refractivity contribution in [2.45, 2.75) is 6.61 Å². The van der Waals surface area contributed by atoms with E-state index in [1.165, 1.54) is 23.4 Å². The quantitative estimate of drug-likeness (QED) is 0.446. The van der Waals surface area contributed by atoms with Gasteiger partial charge in [-0.1, -0.05) is 0 Å². The number of ether oxygens (including phenoxy) is 2. The second-order valence-corrected chi connectivity index (χ2v) is 6.25. The lowest BCUT2D eigenvalue weighted by atomic mass is 10.2. The SMILES string of the molecule is CN(C)C(=O)c1ccc(Oc2cc(COc3ccnnc3)ccc2[N+](=O)[O-])cc1. The maximum absolute atomic E-state index is 12.0. The van der Waals surface area contributed by atoms with Crippen LogP contribution in [0.1, 0.15) is 15.9 Å². The van der Waals surface area contributed by atoms with Gasteiger partial charge in [0.05, 0.1) is 17.3 Å². The van der Waals surface area contributed by atoms with E-state index >= 15 is 0 Å². The lowest BCUT2D eigenvalue weighted by molar-refractivity contribution is -0.385. The van der Waals surface area contributed by atoms with Crippen LogP contribution in [0.5, 0.6) is 17.2 Å². The largest absolute Gasteiger partial charge is 0.487 e. The molecule has 0 fully saturated rings. The van der Waals surface area contributed by atoms with Gasteiger partial charge in [0.15, 0.2) is 0 Å². The van der Waals surface area contributed by atoms with Crippen LogP contribution in [0.15, 0.2) is 60.9 Å². The number of rotatable bonds is 7. The number of nitro groups is 1. The van der Waals surface area contributed by atoms with Crippen molar-refractivity contribution >= 4 is 11.6 Å². The van der Waals surface area contributed by atoms with E-state index < -0.39 is 4.92 Å². The maximum atomic E-state index is 12.0. The van der Waals surface area contributed by atoms with Crippen LogP contribution in [0.4, 0.5) is 5.69 Å². The molecule has 0 radical (unpaired) electrons. The fourth-order valence-corrected chi connectivity index (χ4v) is 2.46. The number of nitro benzene ring substituents is 1. The molecule has 0 atom stereocenters. The fourth-order valence-electron chi connectivity index (χ4n) is 2.46. The first-order valence-corrected chi connectivity index (χ1v) is 8.60. The monoisotopic (exact) mass is 394 g/mol. The minimum absolute atomic E-state index is 0.0793. The van der Waals surface area contributed by atoms with Gasteiger partial charge >= 0.3 is 5.69 Å². The van der Waals surface area contributed by atoms with Crippen molar-refractivity contribution < 1.29 is 19.2 Å². The first-order valence-electron chi connectivity index (χ1n) is 8.60. The highest BCUT2D eigenvalue weighted by Gasteiger charge is 2.17. The molecule has 0 aliphatic carbocycles. The van der Waals surface area contributed by atoms with Gasteiger partial charge in [-0.3, -0.25) is 14.9 Å². The summed E-state index contributed by atoms with van der Waals surface area (Å²) in [6.07, 6.45) is 2.98. The van der Waals surface area contributed by atoms with E-state index in [1.807, 2.05) is 0 Å². The summed E-state index contributed by atoms with van der Waals surface area (Å²) >= 11 is 0. The van der Waals surface area contributed by atoms with Crippen LogP contribution in [0, 0.1) is 10.1 Å². The molecule has 2 aromatic carbocycles. The van der Waals surface area contributed by atoms with Crippen molar-refractivity contribution in [1.29, 1.82) is 0 Å². The fraction of sp³-hybridized carbons (Fsp3) is 0.150. The van der Waals surface area contributed by atoms with Crippen LogP contribution in [0.25, 0.3) is 0 Å². The summed E-state index contributed by atoms with van der Waals surface area (Å²) in [5.41, 5.74) is 1.000. The second kappa shape index (κ2) is 8.79. The Labute approximate surface area is 166 Å². The van der Waals surface area contributed by atoms with Crippen LogP contribution in [-0.4, -0.2) is 40.0 Å². The molecule has 0 saturated carbocycles. The first kappa shape index (κ1) is 19.7. The number of nitrogens with zero attached hydrogens (tertiary/aromatic N) is 4. The molecule has 1 amide bonds. The van der Waals surface area contributed by atoms with Gasteiger partial charge in [0.25, 0.3) is 5.91 Å². The average Bonchev–Trinajstić information content (AvgIpc) is 2.73. The van der Waals surface area contributed by atoms with Crippen LogP contribution >= 0.6 is 0 Å². The number of hydrogen-bond donors (Lipinski definition) is 0. The lowest BCUT2D eigenvalue weighted by Crippen LogP contribution is -2.21. The number of hydrogen-bond acceptors (Lipinski definition) is 7. The zero-order valence-corrected chi connectivity index (χ0v) is 15.8. The molecule has 9 heteroatoms. The molecule has 0 aliphatic heterocycles. The van der Waals surface area contributed by atoms with E-state index in [-0.39, 0.29) is 24.0 Å². The average molecular weight is 394 g/mol. The molecule has 1 aromatic heterocycles. The molecule has 0 spiro atoms. The molecule has 1 heterocycles. The van der Waals surface area contributed by atoms with E-state index in [2.05, 4.69) is 10.2 Å². The molecule has 0 saturated heterocycles. The number of amides is 1. The predicted octanol–water partition coefficient (Wildman–Crippen LogP) is 3.46. The standard InChI is InChI=1S/C20H18N4O5/c1-23(2)20(25)15-4-6-16(7-5-15)29-19-11-14(3-8-18(19)24(26)27)13-28-17-9-10-21-22-12-17/h3-12H,13H2,1-2H3.